The molecule has 1 aliphatic rings. The number of nitrogens with zero attached hydrogens (tertiary/aromatic N) is 2. The molecule has 0 unspecified atom stereocenters. The maximum Gasteiger partial charge on any atom is 0.227 e. The largest absolute Gasteiger partial charge is 0.340 e. The third-order valence-electron chi connectivity index (χ3n) is 5.05. The highest BCUT2D eigenvalue weighted by molar-refractivity contribution is 7.91. The van der Waals surface area contributed by atoms with Gasteiger partial charge in [0.2, 0.25) is 5.91 Å². The summed E-state index contributed by atoms with van der Waals surface area (Å²) in [4.78, 5) is 16.5. The lowest BCUT2D eigenvalue weighted by Gasteiger charge is -2.34. The predicted molar refractivity (Wildman–Crippen MR) is 106 cm³/mol. The van der Waals surface area contributed by atoms with Crippen LogP contribution in [0.25, 0.3) is 0 Å². The molecule has 0 N–H and O–H groups in total. The summed E-state index contributed by atoms with van der Waals surface area (Å²) in [6.45, 7) is 3.17. The van der Waals surface area contributed by atoms with Crippen molar-refractivity contribution in [1.82, 2.24) is 9.80 Å². The van der Waals surface area contributed by atoms with E-state index in [9.17, 15) is 22.0 Å². The van der Waals surface area contributed by atoms with Gasteiger partial charge in [-0.2, -0.15) is 0 Å². The van der Waals surface area contributed by atoms with Crippen LogP contribution in [0.5, 0.6) is 0 Å². The van der Waals surface area contributed by atoms with Gasteiger partial charge in [-0.15, -0.1) is 0 Å². The number of hydrogen-bond donors (Lipinski definition) is 0. The highest BCUT2D eigenvalue weighted by Gasteiger charge is 2.22. The van der Waals surface area contributed by atoms with Gasteiger partial charge in [0, 0.05) is 26.2 Å². The molecule has 1 saturated heterocycles. The Hall–Kier alpha value is -2.32. The second kappa shape index (κ2) is 9.45. The highest BCUT2D eigenvalue weighted by atomic mass is 32.2. The van der Waals surface area contributed by atoms with Gasteiger partial charge in [-0.25, -0.2) is 17.2 Å². The van der Waals surface area contributed by atoms with Gasteiger partial charge in [0.1, 0.15) is 11.6 Å². The van der Waals surface area contributed by atoms with E-state index in [4.69, 9.17) is 0 Å². The molecule has 5 nitrogen and oxygen atoms in total. The van der Waals surface area contributed by atoms with E-state index in [1.807, 2.05) is 0 Å². The molecule has 1 amide bonds. The molecular formula is C21H24F2N2O3S. The summed E-state index contributed by atoms with van der Waals surface area (Å²) in [6.07, 6.45) is 0.722. The Kier molecular flexibility index (Phi) is 6.97. The van der Waals surface area contributed by atoms with E-state index in [2.05, 4.69) is 4.90 Å². The standard InChI is InChI=1S/C21H24F2N2O3S/c22-18-4-2-17(3-5-18)16-21(26)25-13-11-24(12-14-25)10-1-15-29(27,28)20-8-6-19(23)7-9-20/h2-9H,1,10-16H2. The van der Waals surface area contributed by atoms with Crippen LogP contribution in [-0.2, 0) is 21.1 Å². The average molecular weight is 422 g/mol. The Balaban J connectivity index is 1.41. The Bertz CT molecular complexity index is 923. The van der Waals surface area contributed by atoms with Crippen LogP contribution < -0.4 is 0 Å². The van der Waals surface area contributed by atoms with Gasteiger partial charge in [-0.05, 0) is 54.9 Å². The van der Waals surface area contributed by atoms with E-state index in [1.165, 1.54) is 24.3 Å². The van der Waals surface area contributed by atoms with Gasteiger partial charge in [0.05, 0.1) is 17.1 Å². The summed E-state index contributed by atoms with van der Waals surface area (Å²) in [5.74, 6) is -0.773. The van der Waals surface area contributed by atoms with Gasteiger partial charge in [-0.3, -0.25) is 9.69 Å². The third-order valence-corrected chi connectivity index (χ3v) is 6.87. The van der Waals surface area contributed by atoms with Crippen molar-refractivity contribution >= 4 is 15.7 Å². The molecule has 0 aliphatic carbocycles. The van der Waals surface area contributed by atoms with E-state index in [-0.39, 0.29) is 28.8 Å². The van der Waals surface area contributed by atoms with Crippen LogP contribution in [0.3, 0.4) is 0 Å². The molecule has 0 bridgehead atoms. The summed E-state index contributed by atoms with van der Waals surface area (Å²) in [5, 5.41) is 0. The van der Waals surface area contributed by atoms with E-state index < -0.39 is 15.7 Å². The zero-order chi connectivity index (χ0) is 20.9. The van der Waals surface area contributed by atoms with Gasteiger partial charge >= 0.3 is 0 Å². The molecule has 0 spiro atoms. The number of rotatable bonds is 7. The predicted octanol–water partition coefficient (Wildman–Crippen LogP) is 2.52. The van der Waals surface area contributed by atoms with Crippen molar-refractivity contribution in [2.24, 2.45) is 0 Å². The smallest absolute Gasteiger partial charge is 0.227 e. The molecule has 29 heavy (non-hydrogen) atoms. The van der Waals surface area contributed by atoms with Crippen LogP contribution in [0.1, 0.15) is 12.0 Å². The SMILES string of the molecule is O=C(Cc1ccc(F)cc1)N1CCN(CCCS(=O)(=O)c2ccc(F)cc2)CC1. The van der Waals surface area contributed by atoms with Crippen molar-refractivity contribution in [1.29, 1.82) is 0 Å². The topological polar surface area (TPSA) is 57.7 Å². The first-order valence-electron chi connectivity index (χ1n) is 9.56. The first kappa shape index (κ1) is 21.4. The molecule has 0 radical (unpaired) electrons. The Morgan fingerprint density at radius 2 is 1.41 bits per heavy atom. The molecule has 0 saturated carbocycles. The van der Waals surface area contributed by atoms with Crippen molar-refractivity contribution in [3.8, 4) is 0 Å². The fourth-order valence-electron chi connectivity index (χ4n) is 3.35. The van der Waals surface area contributed by atoms with Crippen LogP contribution in [0, 0.1) is 11.6 Å². The monoisotopic (exact) mass is 422 g/mol. The fraction of sp³-hybridized carbons (Fsp3) is 0.381. The molecule has 3 rings (SSSR count). The lowest BCUT2D eigenvalue weighted by molar-refractivity contribution is -0.132. The molecule has 8 heteroatoms. The van der Waals surface area contributed by atoms with E-state index in [0.29, 0.717) is 39.1 Å². The Morgan fingerprint density at radius 1 is 0.862 bits per heavy atom. The summed E-state index contributed by atoms with van der Waals surface area (Å²) in [7, 11) is -3.42. The Morgan fingerprint density at radius 3 is 2.00 bits per heavy atom. The molecule has 1 fully saturated rings. The zero-order valence-corrected chi connectivity index (χ0v) is 16.9. The normalized spacial score (nSPS) is 15.4. The first-order chi connectivity index (χ1) is 13.8. The average Bonchev–Trinajstić information content (AvgIpc) is 2.70. The summed E-state index contributed by atoms with van der Waals surface area (Å²) in [6, 6.07) is 10.8. The van der Waals surface area contributed by atoms with Crippen molar-refractivity contribution in [3.63, 3.8) is 0 Å². The summed E-state index contributed by atoms with van der Waals surface area (Å²) in [5.41, 5.74) is 0.782. The number of piperazine rings is 1. The summed E-state index contributed by atoms with van der Waals surface area (Å²) >= 11 is 0. The minimum absolute atomic E-state index is 0.00233. The molecule has 156 valence electrons. The van der Waals surface area contributed by atoms with Crippen LogP contribution in [0.4, 0.5) is 8.78 Å². The van der Waals surface area contributed by atoms with Crippen molar-refractivity contribution in [2.75, 3.05) is 38.5 Å². The highest BCUT2D eigenvalue weighted by Crippen LogP contribution is 2.14. The number of benzene rings is 2. The second-order valence-electron chi connectivity index (χ2n) is 7.15. The zero-order valence-electron chi connectivity index (χ0n) is 16.1. The number of halogens is 2. The lowest BCUT2D eigenvalue weighted by atomic mass is 10.1. The van der Waals surface area contributed by atoms with Gasteiger partial charge in [0.15, 0.2) is 9.84 Å². The molecule has 0 aromatic heterocycles. The number of hydrogen-bond acceptors (Lipinski definition) is 4. The quantitative estimate of drug-likeness (QED) is 0.644. The van der Waals surface area contributed by atoms with E-state index in [1.54, 1.807) is 17.0 Å². The molecule has 2 aromatic rings. The van der Waals surface area contributed by atoms with E-state index >= 15 is 0 Å². The minimum Gasteiger partial charge on any atom is -0.340 e. The van der Waals surface area contributed by atoms with E-state index in [0.717, 1.165) is 17.7 Å². The van der Waals surface area contributed by atoms with Gasteiger partial charge in [-0.1, -0.05) is 12.1 Å². The van der Waals surface area contributed by atoms with Crippen molar-refractivity contribution in [3.05, 3.63) is 65.7 Å². The van der Waals surface area contributed by atoms with Crippen molar-refractivity contribution in [2.45, 2.75) is 17.7 Å². The first-order valence-corrected chi connectivity index (χ1v) is 11.2. The second-order valence-corrected chi connectivity index (χ2v) is 9.26. The molecule has 1 heterocycles. The molecule has 0 atom stereocenters. The van der Waals surface area contributed by atoms with Crippen LogP contribution >= 0.6 is 0 Å². The van der Waals surface area contributed by atoms with Crippen LogP contribution in [-0.4, -0.2) is 62.6 Å². The molecule has 1 aliphatic heterocycles. The number of carbonyl (C=O) groups excluding carboxylic acids is 1. The van der Waals surface area contributed by atoms with Gasteiger partial charge < -0.3 is 4.90 Å². The third kappa shape index (κ3) is 6.08. The van der Waals surface area contributed by atoms with Crippen LogP contribution in [0.2, 0.25) is 0 Å². The number of carbonyl (C=O) groups is 1. The number of sulfone groups is 1. The minimum atomic E-state index is -3.42. The number of amides is 1. The van der Waals surface area contributed by atoms with Gasteiger partial charge in [0.25, 0.3) is 0 Å². The van der Waals surface area contributed by atoms with Crippen molar-refractivity contribution < 1.29 is 22.0 Å². The lowest BCUT2D eigenvalue weighted by Crippen LogP contribution is -2.49. The fourth-order valence-corrected chi connectivity index (χ4v) is 4.64. The Labute approximate surface area is 169 Å². The maximum atomic E-state index is 13.0. The molecule has 2 aromatic carbocycles. The summed E-state index contributed by atoms with van der Waals surface area (Å²) < 4.78 is 50.5. The maximum absolute atomic E-state index is 13.0. The molecular weight excluding hydrogens is 398 g/mol. The van der Waals surface area contributed by atoms with Crippen LogP contribution in [0.15, 0.2) is 53.4 Å².